The van der Waals surface area contributed by atoms with Gasteiger partial charge in [-0.25, -0.2) is 4.39 Å². The molecule has 1 aromatic rings. The fourth-order valence-corrected chi connectivity index (χ4v) is 3.89. The first-order valence-corrected chi connectivity index (χ1v) is 8.91. The van der Waals surface area contributed by atoms with Crippen LogP contribution in [0, 0.1) is 11.7 Å². The minimum atomic E-state index is -0.193. The van der Waals surface area contributed by atoms with Crippen LogP contribution in [0.2, 0.25) is 0 Å². The van der Waals surface area contributed by atoms with Crippen molar-refractivity contribution in [1.29, 1.82) is 0 Å². The standard InChI is InChI=1S/C19H25FN2O2/c1-12(21-19(24)13-5-2-3-6-13)11-18(23)22-17-10-9-14-15(17)7-4-8-16(14)20/h4,7-8,12-13,17H,2-3,5-6,9-11H2,1H3,(H,21,24)(H,22,23)/t12-,17-/m1/s1. The Morgan fingerprint density at radius 2 is 2.00 bits per heavy atom. The van der Waals surface area contributed by atoms with Crippen molar-refractivity contribution in [3.05, 3.63) is 35.1 Å². The van der Waals surface area contributed by atoms with Crippen LogP contribution in [-0.4, -0.2) is 17.9 Å². The van der Waals surface area contributed by atoms with Crippen molar-refractivity contribution in [3.8, 4) is 0 Å². The van der Waals surface area contributed by atoms with E-state index in [9.17, 15) is 14.0 Å². The van der Waals surface area contributed by atoms with Crippen molar-refractivity contribution in [2.75, 3.05) is 0 Å². The minimum Gasteiger partial charge on any atom is -0.353 e. The molecule has 24 heavy (non-hydrogen) atoms. The monoisotopic (exact) mass is 332 g/mol. The summed E-state index contributed by atoms with van der Waals surface area (Å²) in [6.07, 6.45) is 5.77. The van der Waals surface area contributed by atoms with Gasteiger partial charge in [-0.2, -0.15) is 0 Å². The number of amides is 2. The zero-order chi connectivity index (χ0) is 17.1. The van der Waals surface area contributed by atoms with Gasteiger partial charge in [-0.1, -0.05) is 25.0 Å². The van der Waals surface area contributed by atoms with Crippen molar-refractivity contribution in [3.63, 3.8) is 0 Å². The van der Waals surface area contributed by atoms with Gasteiger partial charge in [0, 0.05) is 18.4 Å². The van der Waals surface area contributed by atoms with E-state index in [4.69, 9.17) is 0 Å². The molecule has 1 saturated carbocycles. The number of benzene rings is 1. The first kappa shape index (κ1) is 16.9. The second kappa shape index (κ2) is 7.32. The Kier molecular flexibility index (Phi) is 5.17. The lowest BCUT2D eigenvalue weighted by molar-refractivity contribution is -0.126. The van der Waals surface area contributed by atoms with E-state index in [1.807, 2.05) is 13.0 Å². The molecule has 0 aromatic heterocycles. The van der Waals surface area contributed by atoms with E-state index >= 15 is 0 Å². The van der Waals surface area contributed by atoms with E-state index in [-0.39, 0.29) is 42.1 Å². The van der Waals surface area contributed by atoms with E-state index in [1.165, 1.54) is 6.07 Å². The summed E-state index contributed by atoms with van der Waals surface area (Å²) >= 11 is 0. The smallest absolute Gasteiger partial charge is 0.223 e. The fourth-order valence-electron chi connectivity index (χ4n) is 3.89. The minimum absolute atomic E-state index is 0.0704. The van der Waals surface area contributed by atoms with Crippen molar-refractivity contribution < 1.29 is 14.0 Å². The first-order valence-electron chi connectivity index (χ1n) is 8.91. The molecule has 2 aliphatic rings. The third-order valence-electron chi connectivity index (χ3n) is 5.15. The van der Waals surface area contributed by atoms with Crippen molar-refractivity contribution in [2.24, 2.45) is 5.92 Å². The van der Waals surface area contributed by atoms with Crippen LogP contribution in [0.15, 0.2) is 18.2 Å². The van der Waals surface area contributed by atoms with Gasteiger partial charge in [0.15, 0.2) is 0 Å². The molecule has 1 aromatic carbocycles. The predicted molar refractivity (Wildman–Crippen MR) is 89.8 cm³/mol. The number of fused-ring (bicyclic) bond motifs is 1. The van der Waals surface area contributed by atoms with E-state index < -0.39 is 0 Å². The Hall–Kier alpha value is -1.91. The van der Waals surface area contributed by atoms with Crippen LogP contribution in [0.5, 0.6) is 0 Å². The molecule has 0 saturated heterocycles. The van der Waals surface area contributed by atoms with Crippen LogP contribution >= 0.6 is 0 Å². The zero-order valence-electron chi connectivity index (χ0n) is 14.1. The van der Waals surface area contributed by atoms with Crippen molar-refractivity contribution >= 4 is 11.8 Å². The van der Waals surface area contributed by atoms with Gasteiger partial charge in [0.25, 0.3) is 0 Å². The van der Waals surface area contributed by atoms with Crippen LogP contribution < -0.4 is 10.6 Å². The lowest BCUT2D eigenvalue weighted by Gasteiger charge is -2.19. The molecule has 2 atom stereocenters. The molecule has 0 radical (unpaired) electrons. The first-order chi connectivity index (χ1) is 11.5. The predicted octanol–water partition coefficient (Wildman–Crippen LogP) is 3.01. The van der Waals surface area contributed by atoms with Crippen LogP contribution in [0.1, 0.15) is 62.6 Å². The van der Waals surface area contributed by atoms with Crippen LogP contribution in [0.4, 0.5) is 4.39 Å². The molecule has 0 bridgehead atoms. The van der Waals surface area contributed by atoms with Crippen molar-refractivity contribution in [1.82, 2.24) is 10.6 Å². The van der Waals surface area contributed by atoms with Crippen molar-refractivity contribution in [2.45, 2.75) is 64.0 Å². The molecule has 1 fully saturated rings. The van der Waals surface area contributed by atoms with Gasteiger partial charge >= 0.3 is 0 Å². The molecule has 4 nitrogen and oxygen atoms in total. The fraction of sp³-hybridized carbons (Fsp3) is 0.579. The third-order valence-corrected chi connectivity index (χ3v) is 5.15. The average Bonchev–Trinajstić information content (AvgIpc) is 3.18. The molecule has 5 heteroatoms. The molecule has 2 N–H and O–H groups in total. The lowest BCUT2D eigenvalue weighted by Crippen LogP contribution is -2.40. The van der Waals surface area contributed by atoms with Crippen LogP contribution in [0.3, 0.4) is 0 Å². The molecule has 0 spiro atoms. The maximum Gasteiger partial charge on any atom is 0.223 e. The largest absolute Gasteiger partial charge is 0.353 e. The summed E-state index contributed by atoms with van der Waals surface area (Å²) in [5.74, 6) is -0.112. The van der Waals surface area contributed by atoms with Gasteiger partial charge in [-0.05, 0) is 49.8 Å². The van der Waals surface area contributed by atoms with E-state index in [1.54, 1.807) is 6.07 Å². The Morgan fingerprint density at radius 3 is 2.75 bits per heavy atom. The van der Waals surface area contributed by atoms with Gasteiger partial charge in [-0.15, -0.1) is 0 Å². The molecule has 0 unspecified atom stereocenters. The Balaban J connectivity index is 1.49. The summed E-state index contributed by atoms with van der Waals surface area (Å²) in [6.45, 7) is 1.86. The highest BCUT2D eigenvalue weighted by molar-refractivity contribution is 5.81. The Bertz CT molecular complexity index is 626. The molecule has 2 aliphatic carbocycles. The number of carbonyl (C=O) groups excluding carboxylic acids is 2. The van der Waals surface area contributed by atoms with Gasteiger partial charge in [-0.3, -0.25) is 9.59 Å². The highest BCUT2D eigenvalue weighted by Crippen LogP contribution is 2.32. The number of hydrogen-bond acceptors (Lipinski definition) is 2. The number of nitrogens with one attached hydrogen (secondary N) is 2. The van der Waals surface area contributed by atoms with Gasteiger partial charge in [0.05, 0.1) is 6.04 Å². The van der Waals surface area contributed by atoms with E-state index in [0.29, 0.717) is 12.0 Å². The SMILES string of the molecule is C[C@H](CC(=O)N[C@@H]1CCc2c(F)cccc21)NC(=O)C1CCCC1. The molecule has 130 valence electrons. The second-order valence-corrected chi connectivity index (χ2v) is 7.06. The van der Waals surface area contributed by atoms with Gasteiger partial charge in [0.1, 0.15) is 5.82 Å². The third kappa shape index (κ3) is 3.77. The summed E-state index contributed by atoms with van der Waals surface area (Å²) in [5, 5.41) is 5.93. The Labute approximate surface area is 142 Å². The molecule has 0 aliphatic heterocycles. The van der Waals surface area contributed by atoms with Crippen LogP contribution in [0.25, 0.3) is 0 Å². The van der Waals surface area contributed by atoms with Gasteiger partial charge < -0.3 is 10.6 Å². The maximum atomic E-state index is 13.7. The van der Waals surface area contributed by atoms with Gasteiger partial charge in [0.2, 0.25) is 11.8 Å². The maximum absolute atomic E-state index is 13.7. The number of hydrogen-bond donors (Lipinski definition) is 2. The lowest BCUT2D eigenvalue weighted by atomic mass is 10.1. The summed E-state index contributed by atoms with van der Waals surface area (Å²) < 4.78 is 13.7. The Morgan fingerprint density at radius 1 is 1.25 bits per heavy atom. The number of rotatable bonds is 5. The number of carbonyl (C=O) groups is 2. The number of halogens is 1. The van der Waals surface area contributed by atoms with E-state index in [2.05, 4.69) is 10.6 Å². The molecular formula is C19H25FN2O2. The topological polar surface area (TPSA) is 58.2 Å². The molecule has 2 amide bonds. The van der Waals surface area contributed by atoms with Crippen LogP contribution in [-0.2, 0) is 16.0 Å². The summed E-state index contributed by atoms with van der Waals surface area (Å²) in [4.78, 5) is 24.3. The highest BCUT2D eigenvalue weighted by atomic mass is 19.1. The molecule has 0 heterocycles. The molecular weight excluding hydrogens is 307 g/mol. The summed E-state index contributed by atoms with van der Waals surface area (Å²) in [7, 11) is 0. The van der Waals surface area contributed by atoms with E-state index in [0.717, 1.165) is 37.7 Å². The summed E-state index contributed by atoms with van der Waals surface area (Å²) in [6, 6.07) is 4.71. The summed E-state index contributed by atoms with van der Waals surface area (Å²) in [5.41, 5.74) is 1.59. The second-order valence-electron chi connectivity index (χ2n) is 7.06. The normalized spacial score (nSPS) is 21.3. The molecule has 3 rings (SSSR count). The highest BCUT2D eigenvalue weighted by Gasteiger charge is 2.27. The quantitative estimate of drug-likeness (QED) is 0.871. The zero-order valence-corrected chi connectivity index (χ0v) is 14.1. The average molecular weight is 332 g/mol.